The number of hydrogen-bond acceptors (Lipinski definition) is 5. The van der Waals surface area contributed by atoms with E-state index in [4.69, 9.17) is 4.74 Å². The number of carboxylic acids is 1. The van der Waals surface area contributed by atoms with Crippen LogP contribution in [0.2, 0.25) is 0 Å². The largest absolute Gasteiger partial charge is 0.489 e. The number of anilines is 2. The number of carbonyl (C=O) groups is 2. The molecule has 2 heterocycles. The second kappa shape index (κ2) is 9.41. The molecule has 1 aromatic heterocycles. The summed E-state index contributed by atoms with van der Waals surface area (Å²) in [5, 5.41) is 12.0. The minimum absolute atomic E-state index is 0.0750. The van der Waals surface area contributed by atoms with E-state index in [1.807, 2.05) is 19.9 Å². The number of benzene rings is 1. The van der Waals surface area contributed by atoms with Crippen LogP contribution in [-0.4, -0.2) is 41.2 Å². The molecule has 7 nitrogen and oxygen atoms in total. The first-order valence-corrected chi connectivity index (χ1v) is 10.0. The van der Waals surface area contributed by atoms with Gasteiger partial charge in [0.2, 0.25) is 0 Å². The van der Waals surface area contributed by atoms with Crippen molar-refractivity contribution in [2.45, 2.75) is 45.6 Å². The summed E-state index contributed by atoms with van der Waals surface area (Å²) in [5.74, 6) is -0.135. The van der Waals surface area contributed by atoms with Crippen molar-refractivity contribution < 1.29 is 19.4 Å². The molecular formula is C22H27N3O4. The Bertz CT molecular complexity index is 857. The molecule has 2 N–H and O–H groups in total. The van der Waals surface area contributed by atoms with E-state index in [1.165, 1.54) is 25.0 Å². The Balaban J connectivity index is 1.76. The highest BCUT2D eigenvalue weighted by Crippen LogP contribution is 2.28. The van der Waals surface area contributed by atoms with Gasteiger partial charge in [-0.25, -0.2) is 9.78 Å². The monoisotopic (exact) mass is 397 g/mol. The van der Waals surface area contributed by atoms with Crippen molar-refractivity contribution in [2.24, 2.45) is 0 Å². The number of amides is 1. The molecule has 3 rings (SSSR count). The Morgan fingerprint density at radius 2 is 1.76 bits per heavy atom. The molecule has 1 saturated heterocycles. The van der Waals surface area contributed by atoms with Gasteiger partial charge in [-0.15, -0.1) is 0 Å². The van der Waals surface area contributed by atoms with Crippen molar-refractivity contribution in [3.05, 3.63) is 47.7 Å². The summed E-state index contributed by atoms with van der Waals surface area (Å²) < 4.78 is 5.70. The van der Waals surface area contributed by atoms with Crippen LogP contribution in [0.1, 0.15) is 60.2 Å². The van der Waals surface area contributed by atoms with E-state index < -0.39 is 5.97 Å². The molecule has 0 saturated carbocycles. The second-order valence-corrected chi connectivity index (χ2v) is 7.44. The molecule has 0 aliphatic carbocycles. The van der Waals surface area contributed by atoms with E-state index in [-0.39, 0.29) is 17.6 Å². The molecule has 154 valence electrons. The van der Waals surface area contributed by atoms with Crippen LogP contribution in [0, 0.1) is 0 Å². The summed E-state index contributed by atoms with van der Waals surface area (Å²) in [6.45, 7) is 5.69. The smallest absolute Gasteiger partial charge is 0.335 e. The molecule has 29 heavy (non-hydrogen) atoms. The topological polar surface area (TPSA) is 91.8 Å². The van der Waals surface area contributed by atoms with Crippen LogP contribution in [0.25, 0.3) is 0 Å². The minimum Gasteiger partial charge on any atom is -0.489 e. The molecular weight excluding hydrogens is 370 g/mol. The van der Waals surface area contributed by atoms with Gasteiger partial charge < -0.3 is 20.1 Å². The Hall–Kier alpha value is -3.09. The minimum atomic E-state index is -1.07. The number of hydrogen-bond donors (Lipinski definition) is 2. The first-order valence-electron chi connectivity index (χ1n) is 10.0. The Kier molecular flexibility index (Phi) is 6.69. The van der Waals surface area contributed by atoms with Crippen molar-refractivity contribution in [1.82, 2.24) is 4.98 Å². The first-order chi connectivity index (χ1) is 13.9. The first kappa shape index (κ1) is 20.6. The normalized spacial score (nSPS) is 14.4. The highest BCUT2D eigenvalue weighted by molar-refractivity contribution is 6.05. The third kappa shape index (κ3) is 5.47. The molecule has 7 heteroatoms. The molecule has 0 atom stereocenters. The van der Waals surface area contributed by atoms with Gasteiger partial charge in [0.1, 0.15) is 11.6 Å². The molecule has 1 amide bonds. The lowest BCUT2D eigenvalue weighted by Crippen LogP contribution is -2.25. The van der Waals surface area contributed by atoms with Gasteiger partial charge in [-0.2, -0.15) is 0 Å². The lowest BCUT2D eigenvalue weighted by Gasteiger charge is -2.21. The molecule has 1 aliphatic heterocycles. The summed E-state index contributed by atoms with van der Waals surface area (Å²) in [6, 6.07) is 8.01. The van der Waals surface area contributed by atoms with Gasteiger partial charge in [0.25, 0.3) is 5.91 Å². The molecule has 1 aliphatic rings. The van der Waals surface area contributed by atoms with Crippen molar-refractivity contribution in [3.8, 4) is 5.75 Å². The Labute approximate surface area is 170 Å². The van der Waals surface area contributed by atoms with Gasteiger partial charge in [0, 0.05) is 19.3 Å². The van der Waals surface area contributed by atoms with Gasteiger partial charge >= 0.3 is 5.97 Å². The maximum atomic E-state index is 12.7. The van der Waals surface area contributed by atoms with E-state index in [0.717, 1.165) is 31.7 Å². The number of rotatable bonds is 6. The van der Waals surface area contributed by atoms with Crippen molar-refractivity contribution >= 4 is 23.4 Å². The number of aromatic carboxylic acids is 1. The van der Waals surface area contributed by atoms with E-state index in [1.54, 1.807) is 18.3 Å². The molecule has 0 bridgehead atoms. The zero-order chi connectivity index (χ0) is 20.8. The Morgan fingerprint density at radius 1 is 1.07 bits per heavy atom. The maximum absolute atomic E-state index is 12.7. The number of nitrogens with zero attached hydrogens (tertiary/aromatic N) is 2. The van der Waals surface area contributed by atoms with Crippen LogP contribution in [-0.2, 0) is 0 Å². The van der Waals surface area contributed by atoms with Gasteiger partial charge in [0.15, 0.2) is 0 Å². The summed E-state index contributed by atoms with van der Waals surface area (Å²) in [5.41, 5.74) is 0.797. The number of nitrogens with one attached hydrogen (secondary N) is 1. The SMILES string of the molecule is CC(C)Oc1ccc(C(=O)O)cc1NC(=O)c1ccc(N2CCCCCC2)nc1. The van der Waals surface area contributed by atoms with E-state index >= 15 is 0 Å². The van der Waals surface area contributed by atoms with Crippen LogP contribution in [0.4, 0.5) is 11.5 Å². The predicted octanol–water partition coefficient (Wildman–Crippen LogP) is 4.20. The van der Waals surface area contributed by atoms with Gasteiger partial charge in [-0.05, 0) is 57.0 Å². The number of carbonyl (C=O) groups excluding carboxylic acids is 1. The third-order valence-electron chi connectivity index (χ3n) is 4.78. The summed E-state index contributed by atoms with van der Waals surface area (Å²) in [7, 11) is 0. The molecule has 0 unspecified atom stereocenters. The van der Waals surface area contributed by atoms with Crippen LogP contribution in [0.5, 0.6) is 5.75 Å². The standard InChI is InChI=1S/C22H27N3O4/c1-15(2)29-19-9-7-16(22(27)28)13-18(19)24-21(26)17-8-10-20(23-14-17)25-11-5-3-4-6-12-25/h7-10,13-15H,3-6,11-12H2,1-2H3,(H,24,26)(H,27,28). The molecule has 0 radical (unpaired) electrons. The third-order valence-corrected chi connectivity index (χ3v) is 4.78. The van der Waals surface area contributed by atoms with Crippen molar-refractivity contribution in [1.29, 1.82) is 0 Å². The predicted molar refractivity (Wildman–Crippen MR) is 112 cm³/mol. The zero-order valence-corrected chi connectivity index (χ0v) is 16.9. The average Bonchev–Trinajstić information content (AvgIpc) is 2.98. The highest BCUT2D eigenvalue weighted by atomic mass is 16.5. The molecule has 1 aromatic carbocycles. The zero-order valence-electron chi connectivity index (χ0n) is 16.9. The summed E-state index contributed by atoms with van der Waals surface area (Å²) >= 11 is 0. The average molecular weight is 397 g/mol. The van der Waals surface area contributed by atoms with E-state index in [0.29, 0.717) is 17.0 Å². The second-order valence-electron chi connectivity index (χ2n) is 7.44. The number of carboxylic acid groups (broad SMARTS) is 1. The van der Waals surface area contributed by atoms with Gasteiger partial charge in [-0.3, -0.25) is 4.79 Å². The van der Waals surface area contributed by atoms with Crippen LogP contribution in [0.3, 0.4) is 0 Å². The van der Waals surface area contributed by atoms with Crippen LogP contribution >= 0.6 is 0 Å². The number of ether oxygens (including phenoxy) is 1. The van der Waals surface area contributed by atoms with Crippen molar-refractivity contribution in [3.63, 3.8) is 0 Å². The Morgan fingerprint density at radius 3 is 2.34 bits per heavy atom. The van der Waals surface area contributed by atoms with Gasteiger partial charge in [0.05, 0.1) is 22.9 Å². The summed E-state index contributed by atoms with van der Waals surface area (Å²) in [4.78, 5) is 30.7. The molecule has 2 aromatic rings. The fourth-order valence-corrected chi connectivity index (χ4v) is 3.32. The lowest BCUT2D eigenvalue weighted by molar-refractivity contribution is 0.0696. The number of aromatic nitrogens is 1. The fraction of sp³-hybridized carbons (Fsp3) is 0.409. The lowest BCUT2D eigenvalue weighted by atomic mass is 10.1. The van der Waals surface area contributed by atoms with E-state index in [2.05, 4.69) is 15.2 Å². The van der Waals surface area contributed by atoms with Gasteiger partial charge in [-0.1, -0.05) is 12.8 Å². The van der Waals surface area contributed by atoms with Crippen molar-refractivity contribution in [2.75, 3.05) is 23.3 Å². The van der Waals surface area contributed by atoms with Crippen LogP contribution < -0.4 is 15.0 Å². The number of pyridine rings is 1. The maximum Gasteiger partial charge on any atom is 0.335 e. The van der Waals surface area contributed by atoms with E-state index in [9.17, 15) is 14.7 Å². The quantitative estimate of drug-likeness (QED) is 0.759. The highest BCUT2D eigenvalue weighted by Gasteiger charge is 2.16. The van der Waals surface area contributed by atoms with Crippen LogP contribution in [0.15, 0.2) is 36.5 Å². The molecule has 1 fully saturated rings. The molecule has 0 spiro atoms. The fourth-order valence-electron chi connectivity index (χ4n) is 3.32. The summed E-state index contributed by atoms with van der Waals surface area (Å²) in [6.07, 6.45) is 6.24.